The molecule has 3 aromatic rings. The molecule has 2 aromatic heterocycles. The third kappa shape index (κ3) is 5.04. The van der Waals surface area contributed by atoms with Gasteiger partial charge in [-0.15, -0.1) is 0 Å². The van der Waals surface area contributed by atoms with E-state index < -0.39 is 17.7 Å². The average molecular weight is 387 g/mol. The largest absolute Gasteiger partial charge is 0.444 e. The number of rotatable bonds is 4. The first-order chi connectivity index (χ1) is 12.8. The fourth-order valence-corrected chi connectivity index (χ4v) is 2.46. The summed E-state index contributed by atoms with van der Waals surface area (Å²) in [5, 5.41) is 7.36. The van der Waals surface area contributed by atoms with Gasteiger partial charge in [-0.1, -0.05) is 28.9 Å². The van der Waals surface area contributed by atoms with Gasteiger partial charge in [0.2, 0.25) is 5.82 Å². The number of hydrogen-bond donors (Lipinski definition) is 1. The number of nitrogens with zero attached hydrogens (tertiary/aromatic N) is 3. The van der Waals surface area contributed by atoms with Gasteiger partial charge >= 0.3 is 6.09 Å². The standard InChI is InChI=1S/C19H19ClN4O3/c1-19(2,3)26-18(25)22-15(12-4-6-14(20)7-5-12)17-23-16(24-27-17)13-8-10-21-11-9-13/h4-11,15H,1-3H3,(H,22,25). The van der Waals surface area contributed by atoms with Crippen molar-refractivity contribution in [2.75, 3.05) is 0 Å². The Morgan fingerprint density at radius 2 is 1.81 bits per heavy atom. The van der Waals surface area contributed by atoms with E-state index in [0.717, 1.165) is 11.1 Å². The summed E-state index contributed by atoms with van der Waals surface area (Å²) in [7, 11) is 0. The highest BCUT2D eigenvalue weighted by molar-refractivity contribution is 6.30. The first-order valence-corrected chi connectivity index (χ1v) is 8.68. The van der Waals surface area contributed by atoms with Crippen LogP contribution in [0.2, 0.25) is 5.02 Å². The molecule has 0 radical (unpaired) electrons. The van der Waals surface area contributed by atoms with E-state index in [1.54, 1.807) is 69.6 Å². The number of carbonyl (C=O) groups excluding carboxylic acids is 1. The number of hydrogen-bond acceptors (Lipinski definition) is 6. The van der Waals surface area contributed by atoms with Crippen LogP contribution in [0, 0.1) is 0 Å². The molecule has 1 aromatic carbocycles. The molecule has 3 rings (SSSR count). The molecule has 1 atom stereocenters. The Hall–Kier alpha value is -2.93. The molecule has 0 bridgehead atoms. The van der Waals surface area contributed by atoms with E-state index in [1.165, 1.54) is 0 Å². The minimum Gasteiger partial charge on any atom is -0.444 e. The minimum absolute atomic E-state index is 0.231. The lowest BCUT2D eigenvalue weighted by molar-refractivity contribution is 0.0504. The Labute approximate surface area is 161 Å². The van der Waals surface area contributed by atoms with Gasteiger partial charge in [0, 0.05) is 23.0 Å². The zero-order chi connectivity index (χ0) is 19.4. The van der Waals surface area contributed by atoms with E-state index in [9.17, 15) is 4.79 Å². The van der Waals surface area contributed by atoms with Crippen LogP contribution in [0.25, 0.3) is 11.4 Å². The fourth-order valence-electron chi connectivity index (χ4n) is 2.34. The molecule has 0 aliphatic heterocycles. The maximum Gasteiger partial charge on any atom is 0.408 e. The summed E-state index contributed by atoms with van der Waals surface area (Å²) in [6.07, 6.45) is 2.69. The molecule has 140 valence electrons. The highest BCUT2D eigenvalue weighted by atomic mass is 35.5. The molecule has 7 nitrogen and oxygen atoms in total. The average Bonchev–Trinajstić information content (AvgIpc) is 3.10. The van der Waals surface area contributed by atoms with Crippen molar-refractivity contribution in [3.63, 3.8) is 0 Å². The van der Waals surface area contributed by atoms with Crippen LogP contribution in [0.1, 0.15) is 38.3 Å². The number of ether oxygens (including phenoxy) is 1. The van der Waals surface area contributed by atoms with Crippen molar-refractivity contribution in [1.29, 1.82) is 0 Å². The zero-order valence-electron chi connectivity index (χ0n) is 15.1. The highest BCUT2D eigenvalue weighted by Crippen LogP contribution is 2.25. The smallest absolute Gasteiger partial charge is 0.408 e. The molecule has 0 spiro atoms. The number of alkyl carbamates (subject to hydrolysis) is 1. The van der Waals surface area contributed by atoms with Gasteiger partial charge in [-0.2, -0.15) is 4.98 Å². The SMILES string of the molecule is CC(C)(C)OC(=O)NC(c1ccc(Cl)cc1)c1nc(-c2ccncc2)no1. The van der Waals surface area contributed by atoms with Crippen LogP contribution in [0.4, 0.5) is 4.79 Å². The molecule has 8 heteroatoms. The molecular formula is C19H19ClN4O3. The Balaban J connectivity index is 1.91. The van der Waals surface area contributed by atoms with Gasteiger partial charge in [-0.3, -0.25) is 4.98 Å². The van der Waals surface area contributed by atoms with Gasteiger partial charge in [0.15, 0.2) is 0 Å². The van der Waals surface area contributed by atoms with Crippen LogP contribution in [0.15, 0.2) is 53.3 Å². The van der Waals surface area contributed by atoms with Crippen LogP contribution in [-0.2, 0) is 4.74 Å². The van der Waals surface area contributed by atoms with E-state index in [-0.39, 0.29) is 5.89 Å². The van der Waals surface area contributed by atoms with E-state index >= 15 is 0 Å². The fraction of sp³-hybridized carbons (Fsp3) is 0.263. The molecule has 0 saturated carbocycles. The Morgan fingerprint density at radius 3 is 2.44 bits per heavy atom. The van der Waals surface area contributed by atoms with Gasteiger partial charge < -0.3 is 14.6 Å². The summed E-state index contributed by atoms with van der Waals surface area (Å²) in [5.74, 6) is 0.632. The number of benzene rings is 1. The highest BCUT2D eigenvalue weighted by Gasteiger charge is 2.26. The van der Waals surface area contributed by atoms with Gasteiger partial charge in [-0.05, 0) is 50.6 Å². The Morgan fingerprint density at radius 1 is 1.15 bits per heavy atom. The van der Waals surface area contributed by atoms with E-state index in [4.69, 9.17) is 20.9 Å². The molecule has 0 aliphatic carbocycles. The van der Waals surface area contributed by atoms with Crippen molar-refractivity contribution < 1.29 is 14.1 Å². The molecule has 1 unspecified atom stereocenters. The van der Waals surface area contributed by atoms with Crippen molar-refractivity contribution >= 4 is 17.7 Å². The van der Waals surface area contributed by atoms with Gasteiger partial charge in [0.25, 0.3) is 5.89 Å². The third-order valence-corrected chi connectivity index (χ3v) is 3.74. The number of nitrogens with one attached hydrogen (secondary N) is 1. The number of carbonyl (C=O) groups is 1. The minimum atomic E-state index is -0.680. The summed E-state index contributed by atoms with van der Waals surface area (Å²) in [6, 6.07) is 9.86. The zero-order valence-corrected chi connectivity index (χ0v) is 15.9. The van der Waals surface area contributed by atoms with Crippen LogP contribution in [0.3, 0.4) is 0 Å². The van der Waals surface area contributed by atoms with Gasteiger partial charge in [0.05, 0.1) is 0 Å². The lowest BCUT2D eigenvalue weighted by Gasteiger charge is -2.22. The van der Waals surface area contributed by atoms with E-state index in [1.807, 2.05) is 0 Å². The Bertz CT molecular complexity index is 905. The molecule has 2 heterocycles. The number of halogens is 1. The van der Waals surface area contributed by atoms with Crippen molar-refractivity contribution in [3.8, 4) is 11.4 Å². The maximum absolute atomic E-state index is 12.3. The molecule has 1 N–H and O–H groups in total. The van der Waals surface area contributed by atoms with E-state index in [2.05, 4.69) is 20.4 Å². The summed E-state index contributed by atoms with van der Waals surface area (Å²) in [4.78, 5) is 20.7. The molecule has 1 amide bonds. The first kappa shape index (κ1) is 18.8. The van der Waals surface area contributed by atoms with Crippen LogP contribution >= 0.6 is 11.6 Å². The second-order valence-electron chi connectivity index (χ2n) is 6.82. The lowest BCUT2D eigenvalue weighted by Crippen LogP contribution is -2.35. The van der Waals surface area contributed by atoms with Crippen LogP contribution < -0.4 is 5.32 Å². The number of amides is 1. The molecular weight excluding hydrogens is 368 g/mol. The Kier molecular flexibility index (Phi) is 5.41. The van der Waals surface area contributed by atoms with Crippen LogP contribution in [0.5, 0.6) is 0 Å². The predicted octanol–water partition coefficient (Wildman–Crippen LogP) is 4.40. The molecule has 0 fully saturated rings. The second-order valence-corrected chi connectivity index (χ2v) is 7.26. The normalized spacial score (nSPS) is 12.4. The van der Waals surface area contributed by atoms with Crippen molar-refractivity contribution in [3.05, 3.63) is 65.3 Å². The van der Waals surface area contributed by atoms with Crippen molar-refractivity contribution in [2.24, 2.45) is 0 Å². The summed E-state index contributed by atoms with van der Waals surface area (Å²) in [5.41, 5.74) is 0.855. The lowest BCUT2D eigenvalue weighted by atomic mass is 10.1. The maximum atomic E-state index is 12.3. The topological polar surface area (TPSA) is 90.1 Å². The summed E-state index contributed by atoms with van der Waals surface area (Å²) < 4.78 is 10.8. The summed E-state index contributed by atoms with van der Waals surface area (Å²) in [6.45, 7) is 5.37. The molecule has 0 aliphatic rings. The first-order valence-electron chi connectivity index (χ1n) is 8.31. The quantitative estimate of drug-likeness (QED) is 0.714. The van der Waals surface area contributed by atoms with Gasteiger partial charge in [-0.25, -0.2) is 4.79 Å². The van der Waals surface area contributed by atoms with Crippen LogP contribution in [-0.4, -0.2) is 26.8 Å². The molecule has 27 heavy (non-hydrogen) atoms. The summed E-state index contributed by atoms with van der Waals surface area (Å²) >= 11 is 5.97. The number of pyridine rings is 1. The number of aromatic nitrogens is 3. The predicted molar refractivity (Wildman–Crippen MR) is 100 cm³/mol. The van der Waals surface area contributed by atoms with E-state index in [0.29, 0.717) is 10.8 Å². The molecule has 0 saturated heterocycles. The monoisotopic (exact) mass is 386 g/mol. The third-order valence-electron chi connectivity index (χ3n) is 3.49. The van der Waals surface area contributed by atoms with Gasteiger partial charge in [0.1, 0.15) is 11.6 Å². The van der Waals surface area contributed by atoms with Crippen molar-refractivity contribution in [2.45, 2.75) is 32.4 Å². The second kappa shape index (κ2) is 7.75. The van der Waals surface area contributed by atoms with Crippen molar-refractivity contribution in [1.82, 2.24) is 20.4 Å².